The van der Waals surface area contributed by atoms with Crippen LogP contribution < -0.4 is 0 Å². The Balaban J connectivity index is 1.69. The van der Waals surface area contributed by atoms with Gasteiger partial charge in [0.25, 0.3) is 0 Å². The number of rotatable bonds is 6. The fraction of sp³-hybridized carbons (Fsp3) is 0.529. The minimum atomic E-state index is -0.0286. The number of allylic oxidation sites excluding steroid dienone is 1. The Morgan fingerprint density at radius 3 is 2.80 bits per heavy atom. The molecule has 0 saturated carbocycles. The van der Waals surface area contributed by atoms with E-state index < -0.39 is 0 Å². The minimum absolute atomic E-state index is 0.0286. The van der Waals surface area contributed by atoms with Gasteiger partial charge in [0.15, 0.2) is 0 Å². The second-order valence-electron chi connectivity index (χ2n) is 5.17. The van der Waals surface area contributed by atoms with E-state index in [1.165, 1.54) is 5.56 Å². The average Bonchev–Trinajstić information content (AvgIpc) is 2.46. The van der Waals surface area contributed by atoms with Crippen molar-refractivity contribution in [2.24, 2.45) is 0 Å². The summed E-state index contributed by atoms with van der Waals surface area (Å²) < 4.78 is 11.6. The van der Waals surface area contributed by atoms with Gasteiger partial charge in [0.2, 0.25) is 0 Å². The van der Waals surface area contributed by atoms with Crippen LogP contribution in [0.15, 0.2) is 42.5 Å². The lowest BCUT2D eigenvalue weighted by Gasteiger charge is -2.24. The van der Waals surface area contributed by atoms with Crippen LogP contribution in [-0.4, -0.2) is 30.5 Å². The van der Waals surface area contributed by atoms with Crippen molar-refractivity contribution < 1.29 is 14.6 Å². The molecule has 0 amide bonds. The van der Waals surface area contributed by atoms with Crippen LogP contribution in [0, 0.1) is 0 Å². The van der Waals surface area contributed by atoms with Crippen molar-refractivity contribution in [3.05, 3.63) is 48.0 Å². The highest BCUT2D eigenvalue weighted by Gasteiger charge is 2.16. The molecular formula is C17H24O3. The van der Waals surface area contributed by atoms with Crippen molar-refractivity contribution in [3.8, 4) is 0 Å². The third-order valence-corrected chi connectivity index (χ3v) is 3.51. The van der Waals surface area contributed by atoms with E-state index in [4.69, 9.17) is 9.47 Å². The van der Waals surface area contributed by atoms with E-state index in [9.17, 15) is 5.11 Å². The third-order valence-electron chi connectivity index (χ3n) is 3.51. The summed E-state index contributed by atoms with van der Waals surface area (Å²) in [5.74, 6) is 0. The fourth-order valence-electron chi connectivity index (χ4n) is 2.34. The summed E-state index contributed by atoms with van der Waals surface area (Å²) in [6.45, 7) is 1.44. The molecule has 0 unspecified atom stereocenters. The standard InChI is InChI=1S/C17H24O3/c18-13-17-10-6-2-5-9-16(20-17)11-12-19-14-15-7-3-1-4-8-15/h1-5,7-8,16-18H,6,9-14H2/b5-2-/t16-,17+/m1/s1. The highest BCUT2D eigenvalue weighted by atomic mass is 16.5. The number of benzene rings is 1. The van der Waals surface area contributed by atoms with Crippen molar-refractivity contribution in [1.82, 2.24) is 0 Å². The molecule has 3 heteroatoms. The molecule has 3 nitrogen and oxygen atoms in total. The Morgan fingerprint density at radius 1 is 1.15 bits per heavy atom. The summed E-state index contributed by atoms with van der Waals surface area (Å²) >= 11 is 0. The fourth-order valence-corrected chi connectivity index (χ4v) is 2.34. The van der Waals surface area contributed by atoms with Crippen LogP contribution in [0.1, 0.15) is 31.2 Å². The predicted molar refractivity (Wildman–Crippen MR) is 79.5 cm³/mol. The Bertz CT molecular complexity index is 388. The van der Waals surface area contributed by atoms with E-state index in [1.807, 2.05) is 18.2 Å². The largest absolute Gasteiger partial charge is 0.394 e. The van der Waals surface area contributed by atoms with Gasteiger partial charge in [-0.15, -0.1) is 0 Å². The van der Waals surface area contributed by atoms with Gasteiger partial charge in [0.05, 0.1) is 25.4 Å². The molecule has 1 aromatic carbocycles. The first-order chi connectivity index (χ1) is 9.88. The van der Waals surface area contributed by atoms with E-state index in [2.05, 4.69) is 24.3 Å². The molecule has 1 aromatic rings. The molecule has 0 saturated heterocycles. The minimum Gasteiger partial charge on any atom is -0.394 e. The van der Waals surface area contributed by atoms with Gasteiger partial charge in [0, 0.05) is 6.61 Å². The first-order valence-corrected chi connectivity index (χ1v) is 7.41. The number of hydrogen-bond acceptors (Lipinski definition) is 3. The molecule has 1 aliphatic rings. The lowest BCUT2D eigenvalue weighted by atomic mass is 10.1. The van der Waals surface area contributed by atoms with Gasteiger partial charge in [-0.2, -0.15) is 0 Å². The molecule has 2 atom stereocenters. The van der Waals surface area contributed by atoms with Crippen LogP contribution >= 0.6 is 0 Å². The van der Waals surface area contributed by atoms with E-state index in [0.29, 0.717) is 13.2 Å². The molecule has 110 valence electrons. The third kappa shape index (κ3) is 5.45. The summed E-state index contributed by atoms with van der Waals surface area (Å²) in [4.78, 5) is 0. The van der Waals surface area contributed by atoms with Crippen molar-refractivity contribution in [2.75, 3.05) is 13.2 Å². The summed E-state index contributed by atoms with van der Waals surface area (Å²) in [6.07, 6.45) is 8.15. The first kappa shape index (κ1) is 15.2. The Labute approximate surface area is 121 Å². The van der Waals surface area contributed by atoms with E-state index in [1.54, 1.807) is 0 Å². The topological polar surface area (TPSA) is 38.7 Å². The lowest BCUT2D eigenvalue weighted by Crippen LogP contribution is -2.27. The number of ether oxygens (including phenoxy) is 2. The van der Waals surface area contributed by atoms with Crippen molar-refractivity contribution >= 4 is 0 Å². The number of hydrogen-bond donors (Lipinski definition) is 1. The zero-order valence-corrected chi connectivity index (χ0v) is 11.9. The maximum atomic E-state index is 9.27. The van der Waals surface area contributed by atoms with Crippen LogP contribution in [0.5, 0.6) is 0 Å². The van der Waals surface area contributed by atoms with Gasteiger partial charge in [-0.1, -0.05) is 42.5 Å². The molecule has 1 aliphatic heterocycles. The first-order valence-electron chi connectivity index (χ1n) is 7.41. The zero-order valence-electron chi connectivity index (χ0n) is 11.9. The molecule has 0 spiro atoms. The van der Waals surface area contributed by atoms with Crippen molar-refractivity contribution in [1.29, 1.82) is 0 Å². The molecule has 1 N–H and O–H groups in total. The summed E-state index contributed by atoms with van der Waals surface area (Å²) in [5, 5.41) is 9.27. The molecule has 0 bridgehead atoms. The molecule has 0 fully saturated rings. The average molecular weight is 276 g/mol. The predicted octanol–water partition coefficient (Wildman–Crippen LogP) is 3.08. The zero-order chi connectivity index (χ0) is 14.0. The van der Waals surface area contributed by atoms with Gasteiger partial charge in [-0.3, -0.25) is 0 Å². The summed E-state index contributed by atoms with van der Waals surface area (Å²) in [6, 6.07) is 10.2. The monoisotopic (exact) mass is 276 g/mol. The van der Waals surface area contributed by atoms with Gasteiger partial charge in [-0.05, 0) is 31.2 Å². The Morgan fingerprint density at radius 2 is 2.00 bits per heavy atom. The quantitative estimate of drug-likeness (QED) is 0.641. The molecule has 0 radical (unpaired) electrons. The van der Waals surface area contributed by atoms with E-state index in [0.717, 1.165) is 25.7 Å². The van der Waals surface area contributed by atoms with Gasteiger partial charge in [-0.25, -0.2) is 0 Å². The van der Waals surface area contributed by atoms with Crippen LogP contribution in [0.4, 0.5) is 0 Å². The highest BCUT2D eigenvalue weighted by molar-refractivity contribution is 5.13. The van der Waals surface area contributed by atoms with E-state index in [-0.39, 0.29) is 18.8 Å². The normalized spacial score (nSPS) is 24.9. The Kier molecular flexibility index (Phi) is 6.78. The maximum Gasteiger partial charge on any atom is 0.0812 e. The molecule has 2 rings (SSSR count). The van der Waals surface area contributed by atoms with Crippen LogP contribution in [0.25, 0.3) is 0 Å². The van der Waals surface area contributed by atoms with Gasteiger partial charge in [0.1, 0.15) is 0 Å². The van der Waals surface area contributed by atoms with E-state index >= 15 is 0 Å². The van der Waals surface area contributed by atoms with Gasteiger partial charge >= 0.3 is 0 Å². The molecule has 20 heavy (non-hydrogen) atoms. The van der Waals surface area contributed by atoms with Crippen molar-refractivity contribution in [3.63, 3.8) is 0 Å². The maximum absolute atomic E-state index is 9.27. The van der Waals surface area contributed by atoms with Crippen LogP contribution in [0.3, 0.4) is 0 Å². The second kappa shape index (κ2) is 8.90. The SMILES string of the molecule is OC[C@@H]1CC/C=C\C[C@H](CCOCc2ccccc2)O1. The Hall–Kier alpha value is -1.16. The second-order valence-corrected chi connectivity index (χ2v) is 5.17. The summed E-state index contributed by atoms with van der Waals surface area (Å²) in [7, 11) is 0. The number of aliphatic hydroxyl groups is 1. The van der Waals surface area contributed by atoms with Crippen LogP contribution in [0.2, 0.25) is 0 Å². The molecule has 0 aliphatic carbocycles. The number of aliphatic hydroxyl groups excluding tert-OH is 1. The van der Waals surface area contributed by atoms with Gasteiger partial charge < -0.3 is 14.6 Å². The molecule has 0 aromatic heterocycles. The molecule has 1 heterocycles. The highest BCUT2D eigenvalue weighted by Crippen LogP contribution is 2.16. The smallest absolute Gasteiger partial charge is 0.0812 e. The molecular weight excluding hydrogens is 252 g/mol. The van der Waals surface area contributed by atoms with Crippen molar-refractivity contribution in [2.45, 2.75) is 44.5 Å². The summed E-state index contributed by atoms with van der Waals surface area (Å²) in [5.41, 5.74) is 1.19. The van der Waals surface area contributed by atoms with Crippen LogP contribution in [-0.2, 0) is 16.1 Å². The lowest BCUT2D eigenvalue weighted by molar-refractivity contribution is -0.0555.